The Bertz CT molecular complexity index is 591. The van der Waals surface area contributed by atoms with E-state index < -0.39 is 30.1 Å². The number of ether oxygens (including phenoxy) is 2. The van der Waals surface area contributed by atoms with Crippen LogP contribution in [0.15, 0.2) is 18.2 Å². The van der Waals surface area contributed by atoms with Gasteiger partial charge in [-0.15, -0.1) is 0 Å². The number of amides is 1. The first kappa shape index (κ1) is 18.8. The van der Waals surface area contributed by atoms with Gasteiger partial charge in [0.05, 0.1) is 12.8 Å². The van der Waals surface area contributed by atoms with E-state index in [9.17, 15) is 22.8 Å². The van der Waals surface area contributed by atoms with Crippen molar-refractivity contribution in [2.75, 3.05) is 12.4 Å². The van der Waals surface area contributed by atoms with Gasteiger partial charge >= 0.3 is 12.3 Å². The van der Waals surface area contributed by atoms with Crippen LogP contribution in [0.2, 0.25) is 0 Å². The Morgan fingerprint density at radius 1 is 1.17 bits per heavy atom. The number of hydrogen-bond acceptors (Lipinski definition) is 4. The Morgan fingerprint density at radius 2 is 1.78 bits per heavy atom. The van der Waals surface area contributed by atoms with Gasteiger partial charge in [0.2, 0.25) is 5.78 Å². The molecule has 0 radical (unpaired) electrons. The zero-order valence-corrected chi connectivity index (χ0v) is 13.2. The van der Waals surface area contributed by atoms with Gasteiger partial charge in [-0.3, -0.25) is 10.1 Å². The summed E-state index contributed by atoms with van der Waals surface area (Å²) in [6.07, 6.45) is -6.67. The van der Waals surface area contributed by atoms with E-state index in [4.69, 9.17) is 9.47 Å². The van der Waals surface area contributed by atoms with Gasteiger partial charge in [0.15, 0.2) is 0 Å². The SMILES string of the molecule is COc1ccc(CC(=O)C(F)(F)F)c(NC(=O)OC(C)(C)C)c1. The molecule has 0 saturated heterocycles. The molecular formula is C15H18F3NO4. The molecule has 0 atom stereocenters. The number of benzene rings is 1. The molecule has 0 bridgehead atoms. The van der Waals surface area contributed by atoms with Crippen LogP contribution in [-0.2, 0) is 16.0 Å². The van der Waals surface area contributed by atoms with E-state index in [-0.39, 0.29) is 11.3 Å². The third-order valence-corrected chi connectivity index (χ3v) is 2.62. The van der Waals surface area contributed by atoms with Crippen molar-refractivity contribution in [2.24, 2.45) is 0 Å². The monoisotopic (exact) mass is 333 g/mol. The molecule has 0 unspecified atom stereocenters. The number of halogens is 3. The van der Waals surface area contributed by atoms with Gasteiger partial charge in [0, 0.05) is 12.5 Å². The topological polar surface area (TPSA) is 64.6 Å². The predicted octanol–water partition coefficient (Wildman–Crippen LogP) is 3.72. The minimum atomic E-state index is -4.94. The lowest BCUT2D eigenvalue weighted by atomic mass is 10.1. The van der Waals surface area contributed by atoms with Crippen molar-refractivity contribution in [3.63, 3.8) is 0 Å². The molecule has 0 aliphatic carbocycles. The third kappa shape index (κ3) is 6.17. The summed E-state index contributed by atoms with van der Waals surface area (Å²) in [6.45, 7) is 4.94. The summed E-state index contributed by atoms with van der Waals surface area (Å²) in [5, 5.41) is 2.34. The predicted molar refractivity (Wildman–Crippen MR) is 77.6 cm³/mol. The molecule has 0 saturated carbocycles. The minimum absolute atomic E-state index is 0.0129. The van der Waals surface area contributed by atoms with Gasteiger partial charge in [-0.25, -0.2) is 4.79 Å². The average Bonchev–Trinajstić information content (AvgIpc) is 2.37. The van der Waals surface area contributed by atoms with Crippen molar-refractivity contribution in [2.45, 2.75) is 39.0 Å². The molecule has 8 heteroatoms. The van der Waals surface area contributed by atoms with E-state index in [2.05, 4.69) is 5.32 Å². The van der Waals surface area contributed by atoms with Crippen LogP contribution in [0.4, 0.5) is 23.7 Å². The van der Waals surface area contributed by atoms with Crippen LogP contribution < -0.4 is 10.1 Å². The molecule has 1 amide bonds. The van der Waals surface area contributed by atoms with Crippen LogP contribution in [0.1, 0.15) is 26.3 Å². The summed E-state index contributed by atoms with van der Waals surface area (Å²) < 4.78 is 47.2. The van der Waals surface area contributed by atoms with Crippen molar-refractivity contribution in [1.29, 1.82) is 0 Å². The molecule has 0 aliphatic rings. The Balaban J connectivity index is 3.03. The van der Waals surface area contributed by atoms with E-state index in [1.165, 1.54) is 25.3 Å². The molecule has 23 heavy (non-hydrogen) atoms. The zero-order chi connectivity index (χ0) is 17.8. The van der Waals surface area contributed by atoms with Crippen LogP contribution in [0.5, 0.6) is 5.75 Å². The van der Waals surface area contributed by atoms with Crippen molar-refractivity contribution < 1.29 is 32.2 Å². The fourth-order valence-electron chi connectivity index (χ4n) is 1.64. The number of hydrogen-bond donors (Lipinski definition) is 1. The quantitative estimate of drug-likeness (QED) is 0.912. The Morgan fingerprint density at radius 3 is 2.26 bits per heavy atom. The maximum absolute atomic E-state index is 12.4. The van der Waals surface area contributed by atoms with Crippen LogP contribution >= 0.6 is 0 Å². The molecule has 0 aromatic heterocycles. The summed E-state index contributed by atoms with van der Waals surface area (Å²) >= 11 is 0. The molecule has 0 aliphatic heterocycles. The van der Waals surface area contributed by atoms with Crippen molar-refractivity contribution >= 4 is 17.6 Å². The van der Waals surface area contributed by atoms with E-state index >= 15 is 0 Å². The van der Waals surface area contributed by atoms with E-state index in [1.54, 1.807) is 20.8 Å². The second kappa shape index (κ2) is 6.89. The highest BCUT2D eigenvalue weighted by Gasteiger charge is 2.38. The number of carbonyl (C=O) groups is 2. The van der Waals surface area contributed by atoms with Gasteiger partial charge in [0.1, 0.15) is 11.4 Å². The zero-order valence-electron chi connectivity index (χ0n) is 13.2. The highest BCUT2D eigenvalue weighted by molar-refractivity contribution is 5.91. The van der Waals surface area contributed by atoms with Crippen molar-refractivity contribution in [1.82, 2.24) is 0 Å². The standard InChI is InChI=1S/C15H18F3NO4/c1-14(2,3)23-13(21)19-11-8-10(22-4)6-5-9(11)7-12(20)15(16,17)18/h5-6,8H,7H2,1-4H3,(H,19,21). The Hall–Kier alpha value is -2.25. The maximum Gasteiger partial charge on any atom is 0.450 e. The first-order chi connectivity index (χ1) is 10.4. The lowest BCUT2D eigenvalue weighted by molar-refractivity contribution is -0.170. The molecule has 1 aromatic carbocycles. The van der Waals surface area contributed by atoms with E-state index in [0.29, 0.717) is 5.75 Å². The van der Waals surface area contributed by atoms with Gasteiger partial charge in [-0.2, -0.15) is 13.2 Å². The normalized spacial score (nSPS) is 11.8. The second-order valence-electron chi connectivity index (χ2n) is 5.75. The molecule has 5 nitrogen and oxygen atoms in total. The summed E-state index contributed by atoms with van der Waals surface area (Å²) in [4.78, 5) is 22.9. The average molecular weight is 333 g/mol. The Labute approximate surface area is 131 Å². The van der Waals surface area contributed by atoms with E-state index in [1.807, 2.05) is 0 Å². The molecule has 1 rings (SSSR count). The van der Waals surface area contributed by atoms with E-state index in [0.717, 1.165) is 0 Å². The molecule has 0 fully saturated rings. The number of methoxy groups -OCH3 is 1. The first-order valence-corrected chi connectivity index (χ1v) is 6.69. The number of nitrogens with one attached hydrogen (secondary N) is 1. The highest BCUT2D eigenvalue weighted by Crippen LogP contribution is 2.27. The first-order valence-electron chi connectivity index (χ1n) is 6.69. The van der Waals surface area contributed by atoms with Crippen LogP contribution in [0.25, 0.3) is 0 Å². The van der Waals surface area contributed by atoms with Crippen molar-refractivity contribution in [3.8, 4) is 5.75 Å². The van der Waals surface area contributed by atoms with Crippen LogP contribution in [0, 0.1) is 0 Å². The summed E-state index contributed by atoms with van der Waals surface area (Å²) in [6, 6.07) is 4.01. The number of ketones is 1. The number of rotatable bonds is 4. The molecule has 128 valence electrons. The molecule has 1 N–H and O–H groups in total. The minimum Gasteiger partial charge on any atom is -0.497 e. The molecular weight excluding hydrogens is 315 g/mol. The Kier molecular flexibility index (Phi) is 5.63. The summed E-state index contributed by atoms with van der Waals surface area (Å²) in [5.74, 6) is -1.59. The highest BCUT2D eigenvalue weighted by atomic mass is 19.4. The van der Waals surface area contributed by atoms with Gasteiger partial charge in [0.25, 0.3) is 0 Å². The third-order valence-electron chi connectivity index (χ3n) is 2.62. The van der Waals surface area contributed by atoms with Crippen LogP contribution in [0.3, 0.4) is 0 Å². The van der Waals surface area contributed by atoms with Gasteiger partial charge in [-0.1, -0.05) is 6.07 Å². The van der Waals surface area contributed by atoms with Gasteiger partial charge < -0.3 is 9.47 Å². The number of Topliss-reactive ketones (excluding diaryl/α,β-unsaturated/α-hetero) is 1. The summed E-state index contributed by atoms with van der Waals surface area (Å²) in [7, 11) is 1.37. The van der Waals surface area contributed by atoms with Crippen molar-refractivity contribution in [3.05, 3.63) is 23.8 Å². The largest absolute Gasteiger partial charge is 0.497 e. The molecule has 0 heterocycles. The molecule has 0 spiro atoms. The fraction of sp³-hybridized carbons (Fsp3) is 0.467. The van der Waals surface area contributed by atoms with Gasteiger partial charge in [-0.05, 0) is 32.4 Å². The smallest absolute Gasteiger partial charge is 0.450 e. The summed E-state index contributed by atoms with van der Waals surface area (Å²) in [5.41, 5.74) is -0.736. The lowest BCUT2D eigenvalue weighted by Gasteiger charge is -2.20. The maximum atomic E-state index is 12.4. The molecule has 1 aromatic rings. The number of alkyl halides is 3. The fourth-order valence-corrected chi connectivity index (χ4v) is 1.64. The lowest BCUT2D eigenvalue weighted by Crippen LogP contribution is -2.28. The number of anilines is 1. The second-order valence-corrected chi connectivity index (χ2v) is 5.75. The van der Waals surface area contributed by atoms with Crippen LogP contribution in [-0.4, -0.2) is 30.8 Å². The number of carbonyl (C=O) groups excluding carboxylic acids is 2.